The number of β-amino-alcohol motifs (C(OH)–C–C–N with tert-alkyl or cyclic N) is 1. The molecule has 0 aromatic rings. The van der Waals surface area contributed by atoms with Crippen LogP contribution in [-0.4, -0.2) is 55.1 Å². The largest absolute Gasteiger partial charge is 0.391 e. The highest BCUT2D eigenvalue weighted by molar-refractivity contribution is 6.98. The first kappa shape index (κ1) is 15.6. The van der Waals surface area contributed by atoms with Gasteiger partial charge in [0.15, 0.2) is 7.31 Å². The fourth-order valence-electron chi connectivity index (χ4n) is 2.53. The van der Waals surface area contributed by atoms with Gasteiger partial charge in [0.1, 0.15) is 7.17 Å². The fraction of sp³-hybridized carbons (Fsp3) is 0.917. The number of aliphatic hydroxyl groups is 1. The lowest BCUT2D eigenvalue weighted by atomic mass is 9.48. The minimum absolute atomic E-state index is 0.112. The van der Waals surface area contributed by atoms with Crippen LogP contribution in [0.1, 0.15) is 34.1 Å². The zero-order valence-electron chi connectivity index (χ0n) is 12.4. The minimum Gasteiger partial charge on any atom is -0.391 e. The van der Waals surface area contributed by atoms with Crippen molar-refractivity contribution < 1.29 is 9.90 Å². The van der Waals surface area contributed by atoms with E-state index in [4.69, 9.17) is 0 Å². The maximum atomic E-state index is 12.6. The maximum absolute atomic E-state index is 12.6. The van der Waals surface area contributed by atoms with E-state index >= 15 is 0 Å². The topological polar surface area (TPSA) is 52.6 Å². The molecule has 1 rings (SSSR count). The Morgan fingerprint density at radius 2 is 2.11 bits per heavy atom. The molecule has 0 spiro atoms. The SMILES string of the molecule is CBBN[C@H](C(=O)N1C[C@H](O)C[C@H]1C)C(C)(C)C. The molecular weight excluding hydrogens is 226 g/mol. The molecule has 3 atom stereocenters. The van der Waals surface area contributed by atoms with Gasteiger partial charge in [0.25, 0.3) is 0 Å². The van der Waals surface area contributed by atoms with Gasteiger partial charge >= 0.3 is 0 Å². The Morgan fingerprint density at radius 3 is 2.50 bits per heavy atom. The number of nitrogens with one attached hydrogen (secondary N) is 1. The third-order valence-electron chi connectivity index (χ3n) is 3.55. The zero-order chi connectivity index (χ0) is 13.9. The molecule has 1 saturated heterocycles. The minimum atomic E-state index is -0.365. The van der Waals surface area contributed by atoms with Gasteiger partial charge in [0.05, 0.1) is 12.1 Å². The molecule has 1 aliphatic heterocycles. The van der Waals surface area contributed by atoms with Crippen molar-refractivity contribution in [2.75, 3.05) is 6.54 Å². The Morgan fingerprint density at radius 1 is 1.50 bits per heavy atom. The van der Waals surface area contributed by atoms with Crippen molar-refractivity contribution in [2.45, 2.75) is 59.1 Å². The normalized spacial score (nSPS) is 26.0. The van der Waals surface area contributed by atoms with Crippen molar-refractivity contribution in [1.82, 2.24) is 10.1 Å². The number of hydrogen-bond acceptors (Lipinski definition) is 3. The van der Waals surface area contributed by atoms with Gasteiger partial charge in [0.2, 0.25) is 5.91 Å². The lowest BCUT2D eigenvalue weighted by Gasteiger charge is -2.35. The average molecular weight is 252 g/mol. The van der Waals surface area contributed by atoms with E-state index in [2.05, 4.69) is 32.8 Å². The van der Waals surface area contributed by atoms with Crippen LogP contribution in [-0.2, 0) is 4.79 Å². The summed E-state index contributed by atoms with van der Waals surface area (Å²) in [5.74, 6) is 0.125. The molecule has 1 heterocycles. The average Bonchev–Trinajstić information content (AvgIpc) is 2.56. The number of likely N-dealkylation sites (tertiary alicyclic amines) is 1. The summed E-state index contributed by atoms with van der Waals surface area (Å²) in [5.41, 5.74) is -0.112. The van der Waals surface area contributed by atoms with Crippen LogP contribution in [0.2, 0.25) is 6.82 Å². The van der Waals surface area contributed by atoms with Crippen molar-refractivity contribution in [2.24, 2.45) is 5.41 Å². The van der Waals surface area contributed by atoms with E-state index in [-0.39, 0.29) is 29.5 Å². The van der Waals surface area contributed by atoms with Crippen molar-refractivity contribution in [3.8, 4) is 0 Å². The number of hydrogen-bond donors (Lipinski definition) is 2. The van der Waals surface area contributed by atoms with Crippen LogP contribution in [0.4, 0.5) is 0 Å². The molecule has 0 aromatic carbocycles. The summed E-state index contributed by atoms with van der Waals surface area (Å²) < 4.78 is 0. The summed E-state index contributed by atoms with van der Waals surface area (Å²) in [7, 11) is 1.86. The molecule has 4 nitrogen and oxygen atoms in total. The van der Waals surface area contributed by atoms with Gasteiger partial charge in [-0.2, -0.15) is 0 Å². The second-order valence-corrected chi connectivity index (χ2v) is 6.48. The van der Waals surface area contributed by atoms with Gasteiger partial charge in [-0.1, -0.05) is 27.6 Å². The van der Waals surface area contributed by atoms with Crippen molar-refractivity contribution in [3.05, 3.63) is 0 Å². The van der Waals surface area contributed by atoms with Gasteiger partial charge in [-0.25, -0.2) is 0 Å². The van der Waals surface area contributed by atoms with E-state index in [1.165, 1.54) is 0 Å². The lowest BCUT2D eigenvalue weighted by Crippen LogP contribution is -2.55. The predicted octanol–water partition coefficient (Wildman–Crippen LogP) is -0.276. The highest BCUT2D eigenvalue weighted by Gasteiger charge is 2.39. The van der Waals surface area contributed by atoms with Crippen LogP contribution in [0.5, 0.6) is 0 Å². The second kappa shape index (κ2) is 6.11. The number of nitrogens with zero attached hydrogens (tertiary/aromatic N) is 1. The molecule has 1 amide bonds. The smallest absolute Gasteiger partial charge is 0.239 e. The van der Waals surface area contributed by atoms with Gasteiger partial charge in [0, 0.05) is 12.6 Å². The number of carbonyl (C=O) groups excluding carboxylic acids is 1. The van der Waals surface area contributed by atoms with Gasteiger partial charge < -0.3 is 15.2 Å². The first-order valence-electron chi connectivity index (χ1n) is 6.99. The van der Waals surface area contributed by atoms with Gasteiger partial charge in [-0.05, 0) is 18.8 Å². The summed E-state index contributed by atoms with van der Waals surface area (Å²) in [6, 6.07) is -0.0361. The monoisotopic (exact) mass is 252 g/mol. The van der Waals surface area contributed by atoms with Crippen LogP contribution < -0.4 is 5.23 Å². The van der Waals surface area contributed by atoms with E-state index in [9.17, 15) is 9.90 Å². The molecule has 102 valence electrons. The van der Waals surface area contributed by atoms with Gasteiger partial charge in [-0.15, -0.1) is 0 Å². The number of rotatable bonds is 4. The van der Waals surface area contributed by atoms with E-state index in [0.29, 0.717) is 13.0 Å². The predicted molar refractivity (Wildman–Crippen MR) is 78.3 cm³/mol. The van der Waals surface area contributed by atoms with Gasteiger partial charge in [-0.3, -0.25) is 4.79 Å². The summed E-state index contributed by atoms with van der Waals surface area (Å²) >= 11 is 0. The van der Waals surface area contributed by atoms with E-state index in [1.807, 2.05) is 11.8 Å². The van der Waals surface area contributed by atoms with E-state index in [1.54, 1.807) is 0 Å². The van der Waals surface area contributed by atoms with Crippen molar-refractivity contribution >= 4 is 20.4 Å². The third-order valence-corrected chi connectivity index (χ3v) is 3.55. The molecule has 1 fully saturated rings. The van der Waals surface area contributed by atoms with Crippen molar-refractivity contribution in [3.63, 3.8) is 0 Å². The first-order chi connectivity index (χ1) is 8.27. The van der Waals surface area contributed by atoms with Crippen LogP contribution in [0.3, 0.4) is 0 Å². The molecule has 18 heavy (non-hydrogen) atoms. The van der Waals surface area contributed by atoms with Crippen LogP contribution in [0, 0.1) is 5.41 Å². The van der Waals surface area contributed by atoms with Crippen LogP contribution >= 0.6 is 0 Å². The number of amides is 1. The Balaban J connectivity index is 2.76. The molecule has 0 aliphatic carbocycles. The quantitative estimate of drug-likeness (QED) is 0.677. The number of carbonyl (C=O) groups is 1. The summed E-state index contributed by atoms with van der Waals surface area (Å²) in [6.45, 7) is 10.8. The van der Waals surface area contributed by atoms with E-state index < -0.39 is 0 Å². The van der Waals surface area contributed by atoms with Crippen molar-refractivity contribution in [1.29, 1.82) is 0 Å². The molecule has 0 unspecified atom stereocenters. The standard InChI is InChI=1S/C12H26B2N2O2/c1-8-6-9(17)7-16(8)11(18)10(12(2,3)4)15-14-13-5/h8-10,13-15,17H,6-7H2,1-5H3/t8-,9-,10-/m1/s1. The molecule has 1 aliphatic rings. The summed E-state index contributed by atoms with van der Waals surface area (Å²) in [6.07, 6.45) is 0.326. The van der Waals surface area contributed by atoms with Crippen LogP contribution in [0.15, 0.2) is 0 Å². The van der Waals surface area contributed by atoms with Crippen LogP contribution in [0.25, 0.3) is 0 Å². The molecule has 0 aromatic heterocycles. The Bertz CT molecular complexity index is 294. The second-order valence-electron chi connectivity index (χ2n) is 6.48. The Kier molecular flexibility index (Phi) is 5.29. The Labute approximate surface area is 112 Å². The Hall–Kier alpha value is -0.480. The zero-order valence-corrected chi connectivity index (χ0v) is 12.4. The fourth-order valence-corrected chi connectivity index (χ4v) is 2.53. The maximum Gasteiger partial charge on any atom is 0.239 e. The summed E-state index contributed by atoms with van der Waals surface area (Å²) in [4.78, 5) is 14.4. The molecular formula is C12H26B2N2O2. The first-order valence-corrected chi connectivity index (χ1v) is 6.99. The highest BCUT2D eigenvalue weighted by atomic mass is 16.3. The molecule has 6 heteroatoms. The summed E-state index contributed by atoms with van der Waals surface area (Å²) in [5, 5.41) is 13.0. The lowest BCUT2D eigenvalue weighted by molar-refractivity contribution is -0.136. The van der Waals surface area contributed by atoms with E-state index in [0.717, 1.165) is 14.5 Å². The number of aliphatic hydroxyl groups excluding tert-OH is 1. The molecule has 0 bridgehead atoms. The molecule has 0 radical (unpaired) electrons. The highest BCUT2D eigenvalue weighted by Crippen LogP contribution is 2.25. The molecule has 2 N–H and O–H groups in total. The third kappa shape index (κ3) is 3.75. The molecule has 0 saturated carbocycles.